The zero-order valence-corrected chi connectivity index (χ0v) is 19.5. The van der Waals surface area contributed by atoms with Crippen LogP contribution in [-0.4, -0.2) is 60.8 Å². The maximum atomic E-state index is 13.6. The van der Waals surface area contributed by atoms with Crippen molar-refractivity contribution in [2.75, 3.05) is 44.4 Å². The molecule has 6 nitrogen and oxygen atoms in total. The van der Waals surface area contributed by atoms with Gasteiger partial charge in [-0.05, 0) is 36.6 Å². The number of thioether (sulfide) groups is 1. The molecule has 32 heavy (non-hydrogen) atoms. The number of halogens is 2. The summed E-state index contributed by atoms with van der Waals surface area (Å²) < 4.78 is 15.4. The number of hydrogen-bond acceptors (Lipinski definition) is 4. The molecule has 0 bridgehead atoms. The summed E-state index contributed by atoms with van der Waals surface area (Å²) in [6.07, 6.45) is 3.66. The van der Waals surface area contributed by atoms with Crippen LogP contribution in [0.3, 0.4) is 0 Å². The Labute approximate surface area is 195 Å². The first-order chi connectivity index (χ1) is 15.4. The molecular weight excluding hydrogens is 451 g/mol. The lowest BCUT2D eigenvalue weighted by Gasteiger charge is -2.36. The molecule has 1 aliphatic heterocycles. The lowest BCUT2D eigenvalue weighted by molar-refractivity contribution is -0.121. The molecule has 1 aliphatic rings. The van der Waals surface area contributed by atoms with E-state index in [2.05, 4.69) is 10.2 Å². The Morgan fingerprint density at radius 2 is 1.88 bits per heavy atom. The summed E-state index contributed by atoms with van der Waals surface area (Å²) in [5.74, 6) is -0.477. The molecule has 168 valence electrons. The third kappa shape index (κ3) is 4.42. The third-order valence-electron chi connectivity index (χ3n) is 5.72. The van der Waals surface area contributed by atoms with Gasteiger partial charge in [-0.3, -0.25) is 9.59 Å². The Hall–Kier alpha value is -2.71. The maximum absolute atomic E-state index is 13.6. The van der Waals surface area contributed by atoms with Gasteiger partial charge in [-0.1, -0.05) is 17.7 Å². The number of fused-ring (bicyclic) bond motifs is 1. The van der Waals surface area contributed by atoms with Crippen molar-refractivity contribution in [3.05, 3.63) is 59.0 Å². The highest BCUT2D eigenvalue weighted by Gasteiger charge is 2.26. The van der Waals surface area contributed by atoms with Gasteiger partial charge in [0.25, 0.3) is 5.91 Å². The molecule has 1 aromatic heterocycles. The van der Waals surface area contributed by atoms with Gasteiger partial charge in [0.15, 0.2) is 0 Å². The van der Waals surface area contributed by atoms with Gasteiger partial charge < -0.3 is 19.7 Å². The number of hydrogen-bond donors (Lipinski definition) is 1. The molecule has 0 atom stereocenters. The third-order valence-corrected chi connectivity index (χ3v) is 6.72. The normalized spacial score (nSPS) is 14.1. The van der Waals surface area contributed by atoms with Crippen molar-refractivity contribution in [2.45, 2.75) is 11.4 Å². The topological polar surface area (TPSA) is 57.6 Å². The fraction of sp³-hybridized carbons (Fsp3) is 0.304. The van der Waals surface area contributed by atoms with Crippen molar-refractivity contribution in [1.82, 2.24) is 14.8 Å². The lowest BCUT2D eigenvalue weighted by Crippen LogP contribution is -2.49. The molecule has 0 unspecified atom stereocenters. The average Bonchev–Trinajstić information content (AvgIpc) is 3.15. The highest BCUT2D eigenvalue weighted by Crippen LogP contribution is 2.31. The van der Waals surface area contributed by atoms with Crippen LogP contribution in [0.2, 0.25) is 5.02 Å². The largest absolute Gasteiger partial charge is 0.367 e. The van der Waals surface area contributed by atoms with Gasteiger partial charge in [-0.25, -0.2) is 4.39 Å². The van der Waals surface area contributed by atoms with Crippen LogP contribution in [0.5, 0.6) is 0 Å². The van der Waals surface area contributed by atoms with Crippen LogP contribution in [0, 0.1) is 5.82 Å². The van der Waals surface area contributed by atoms with E-state index >= 15 is 0 Å². The number of carbonyl (C=O) groups excluding carboxylic acids is 2. The summed E-state index contributed by atoms with van der Waals surface area (Å²) in [4.78, 5) is 30.2. The van der Waals surface area contributed by atoms with E-state index in [0.717, 1.165) is 21.5 Å². The molecule has 9 heteroatoms. The SMILES string of the molecule is CNC(=O)Cn1cc(C(=O)N2CCN(c3ccc(F)cc3SC)CC2)c2ccc(Cl)cc21. The van der Waals surface area contributed by atoms with Crippen LogP contribution in [0.1, 0.15) is 10.4 Å². The predicted octanol–water partition coefficient (Wildman–Crippen LogP) is 3.86. The van der Waals surface area contributed by atoms with Crippen molar-refractivity contribution in [2.24, 2.45) is 0 Å². The number of anilines is 1. The van der Waals surface area contributed by atoms with E-state index in [1.54, 1.807) is 42.1 Å². The molecular formula is C23H24ClFN4O2S. The Morgan fingerprint density at radius 3 is 2.56 bits per heavy atom. The molecule has 4 rings (SSSR count). The number of likely N-dealkylation sites (N-methyl/N-ethyl adjacent to an activating group) is 1. The van der Waals surface area contributed by atoms with Crippen molar-refractivity contribution in [3.63, 3.8) is 0 Å². The summed E-state index contributed by atoms with van der Waals surface area (Å²) in [6.45, 7) is 2.54. The average molecular weight is 475 g/mol. The van der Waals surface area contributed by atoms with E-state index in [0.29, 0.717) is 36.8 Å². The molecule has 1 N–H and O–H groups in total. The molecule has 1 saturated heterocycles. The van der Waals surface area contributed by atoms with Gasteiger partial charge in [0.2, 0.25) is 5.91 Å². The molecule has 0 radical (unpaired) electrons. The smallest absolute Gasteiger partial charge is 0.256 e. The molecule has 0 aliphatic carbocycles. The second-order valence-corrected chi connectivity index (χ2v) is 8.89. The molecule has 2 heterocycles. The minimum Gasteiger partial charge on any atom is -0.367 e. The first-order valence-corrected chi connectivity index (χ1v) is 11.9. The maximum Gasteiger partial charge on any atom is 0.256 e. The van der Waals surface area contributed by atoms with Crippen molar-refractivity contribution in [3.8, 4) is 0 Å². The number of rotatable bonds is 5. The molecule has 0 spiro atoms. The first-order valence-electron chi connectivity index (χ1n) is 10.3. The highest BCUT2D eigenvalue weighted by atomic mass is 35.5. The summed E-state index contributed by atoms with van der Waals surface area (Å²) >= 11 is 7.68. The van der Waals surface area contributed by atoms with E-state index < -0.39 is 0 Å². The van der Waals surface area contributed by atoms with E-state index in [4.69, 9.17) is 11.6 Å². The van der Waals surface area contributed by atoms with E-state index in [1.165, 1.54) is 17.8 Å². The molecule has 2 amide bonds. The zero-order chi connectivity index (χ0) is 22.8. The first kappa shape index (κ1) is 22.5. The number of nitrogens with one attached hydrogen (secondary N) is 1. The molecule has 3 aromatic rings. The van der Waals surface area contributed by atoms with Crippen LogP contribution in [0.25, 0.3) is 10.9 Å². The number of amides is 2. The quantitative estimate of drug-likeness (QED) is 0.570. The second-order valence-electron chi connectivity index (χ2n) is 7.60. The molecule has 1 fully saturated rings. The number of carbonyl (C=O) groups is 2. The standard InChI is InChI=1S/C23H24ClFN4O2S/c1-26-22(30)14-29-13-18(17-5-3-15(24)11-20(17)29)23(31)28-9-7-27(8-10-28)19-6-4-16(25)12-21(19)32-2/h3-6,11-13H,7-10,14H2,1-2H3,(H,26,30). The van der Waals surface area contributed by atoms with E-state index in [1.807, 2.05) is 17.2 Å². The summed E-state index contributed by atoms with van der Waals surface area (Å²) in [5.41, 5.74) is 2.29. The van der Waals surface area contributed by atoms with Gasteiger partial charge in [-0.2, -0.15) is 0 Å². The van der Waals surface area contributed by atoms with Crippen LogP contribution in [0.15, 0.2) is 47.5 Å². The van der Waals surface area contributed by atoms with Crippen LogP contribution >= 0.6 is 23.4 Å². The van der Waals surface area contributed by atoms with E-state index in [9.17, 15) is 14.0 Å². The zero-order valence-electron chi connectivity index (χ0n) is 17.9. The summed E-state index contributed by atoms with van der Waals surface area (Å²) in [7, 11) is 1.58. The minimum absolute atomic E-state index is 0.0724. The van der Waals surface area contributed by atoms with Crippen molar-refractivity contribution < 1.29 is 14.0 Å². The number of nitrogens with zero attached hydrogens (tertiary/aromatic N) is 3. The van der Waals surface area contributed by atoms with Crippen molar-refractivity contribution >= 4 is 51.8 Å². The van der Waals surface area contributed by atoms with Gasteiger partial charge >= 0.3 is 0 Å². The fourth-order valence-corrected chi connectivity index (χ4v) is 4.84. The van der Waals surface area contributed by atoms with Gasteiger partial charge in [0.1, 0.15) is 12.4 Å². The van der Waals surface area contributed by atoms with Crippen LogP contribution < -0.4 is 10.2 Å². The Bertz CT molecular complexity index is 1170. The number of piperazine rings is 1. The Balaban J connectivity index is 1.55. The lowest BCUT2D eigenvalue weighted by atomic mass is 10.1. The Morgan fingerprint density at radius 1 is 1.12 bits per heavy atom. The van der Waals surface area contributed by atoms with Gasteiger partial charge in [-0.15, -0.1) is 11.8 Å². The number of aromatic nitrogens is 1. The monoisotopic (exact) mass is 474 g/mol. The fourth-order valence-electron chi connectivity index (χ4n) is 4.03. The van der Waals surface area contributed by atoms with Crippen molar-refractivity contribution in [1.29, 1.82) is 0 Å². The predicted molar refractivity (Wildman–Crippen MR) is 127 cm³/mol. The molecule has 0 saturated carbocycles. The number of benzene rings is 2. The Kier molecular flexibility index (Phi) is 6.62. The second kappa shape index (κ2) is 9.42. The van der Waals surface area contributed by atoms with Gasteiger partial charge in [0.05, 0.1) is 16.8 Å². The minimum atomic E-state index is -0.250. The van der Waals surface area contributed by atoms with Crippen LogP contribution in [0.4, 0.5) is 10.1 Å². The summed E-state index contributed by atoms with van der Waals surface area (Å²) in [5, 5.41) is 3.93. The van der Waals surface area contributed by atoms with Crippen LogP contribution in [-0.2, 0) is 11.3 Å². The molecule has 2 aromatic carbocycles. The van der Waals surface area contributed by atoms with E-state index in [-0.39, 0.29) is 24.2 Å². The highest BCUT2D eigenvalue weighted by molar-refractivity contribution is 7.98. The summed E-state index contributed by atoms with van der Waals surface area (Å²) in [6, 6.07) is 10.2. The van der Waals surface area contributed by atoms with Gasteiger partial charge in [0, 0.05) is 54.7 Å².